The second-order valence-electron chi connectivity index (χ2n) is 7.87. The molecule has 3 rings (SSSR count). The van der Waals surface area contributed by atoms with Crippen molar-refractivity contribution in [1.82, 2.24) is 0 Å². The van der Waals surface area contributed by atoms with Gasteiger partial charge >= 0.3 is 0 Å². The van der Waals surface area contributed by atoms with Crippen LogP contribution in [0.15, 0.2) is 65.7 Å². The lowest BCUT2D eigenvalue weighted by atomic mass is 9.93. The third-order valence-electron chi connectivity index (χ3n) is 5.13. The maximum absolute atomic E-state index is 11.4. The number of para-hydroxylation sites is 3. The molecule has 0 bridgehead atoms. The SMILES string of the molecule is CC(C)c1cccc(C(C)C)c1N=Cc1cccc(-c2ccccc2[N+](=O)[O-])c1O. The lowest BCUT2D eigenvalue weighted by molar-refractivity contribution is -0.384. The van der Waals surface area contributed by atoms with Crippen molar-refractivity contribution < 1.29 is 10.0 Å². The molecule has 0 atom stereocenters. The highest BCUT2D eigenvalue weighted by atomic mass is 16.6. The van der Waals surface area contributed by atoms with E-state index in [0.717, 1.165) is 16.8 Å². The van der Waals surface area contributed by atoms with Gasteiger partial charge in [-0.2, -0.15) is 0 Å². The van der Waals surface area contributed by atoms with Gasteiger partial charge in [-0.1, -0.05) is 70.2 Å². The van der Waals surface area contributed by atoms with E-state index < -0.39 is 4.92 Å². The number of nitro benzene ring substituents is 1. The average Bonchev–Trinajstić information content (AvgIpc) is 2.72. The molecule has 0 aliphatic carbocycles. The van der Waals surface area contributed by atoms with Crippen LogP contribution in [0.4, 0.5) is 11.4 Å². The van der Waals surface area contributed by atoms with E-state index in [1.165, 1.54) is 6.07 Å². The van der Waals surface area contributed by atoms with Crippen LogP contribution in [0.1, 0.15) is 56.2 Å². The van der Waals surface area contributed by atoms with E-state index in [2.05, 4.69) is 45.9 Å². The van der Waals surface area contributed by atoms with Gasteiger partial charge in [0.05, 0.1) is 16.2 Å². The Bertz CT molecular complexity index is 1080. The number of hydrogen-bond acceptors (Lipinski definition) is 4. The second kappa shape index (κ2) is 8.91. The molecule has 3 aromatic carbocycles. The van der Waals surface area contributed by atoms with Crippen LogP contribution in [0.2, 0.25) is 0 Å². The van der Waals surface area contributed by atoms with E-state index in [1.54, 1.807) is 42.6 Å². The normalized spacial score (nSPS) is 11.5. The number of aliphatic imine (C=N–C) groups is 1. The fourth-order valence-electron chi connectivity index (χ4n) is 3.54. The quantitative estimate of drug-likeness (QED) is 0.275. The van der Waals surface area contributed by atoms with Crippen LogP contribution in [0.3, 0.4) is 0 Å². The van der Waals surface area contributed by atoms with Crippen LogP contribution < -0.4 is 0 Å². The molecule has 30 heavy (non-hydrogen) atoms. The molecule has 0 saturated heterocycles. The Morgan fingerprint density at radius 2 is 1.43 bits per heavy atom. The minimum atomic E-state index is -0.441. The first-order chi connectivity index (χ1) is 14.3. The molecule has 5 nitrogen and oxygen atoms in total. The molecule has 0 heterocycles. The summed E-state index contributed by atoms with van der Waals surface area (Å²) in [6, 6.07) is 17.8. The Labute approximate surface area is 176 Å². The average molecular weight is 402 g/mol. The lowest BCUT2D eigenvalue weighted by Gasteiger charge is -2.16. The fraction of sp³-hybridized carbons (Fsp3) is 0.240. The summed E-state index contributed by atoms with van der Waals surface area (Å²) >= 11 is 0. The van der Waals surface area contributed by atoms with E-state index in [-0.39, 0.29) is 11.4 Å². The third kappa shape index (κ3) is 4.25. The Balaban J connectivity index is 2.10. The summed E-state index contributed by atoms with van der Waals surface area (Å²) < 4.78 is 0. The highest BCUT2D eigenvalue weighted by Gasteiger charge is 2.18. The van der Waals surface area contributed by atoms with Gasteiger partial charge in [0.1, 0.15) is 5.75 Å². The highest BCUT2D eigenvalue weighted by Crippen LogP contribution is 2.38. The van der Waals surface area contributed by atoms with Crippen LogP contribution in [0.25, 0.3) is 11.1 Å². The Kier molecular flexibility index (Phi) is 6.31. The Morgan fingerprint density at radius 1 is 0.867 bits per heavy atom. The number of phenols is 1. The van der Waals surface area contributed by atoms with Crippen molar-refractivity contribution in [3.8, 4) is 16.9 Å². The third-order valence-corrected chi connectivity index (χ3v) is 5.13. The van der Waals surface area contributed by atoms with Crippen molar-refractivity contribution in [2.45, 2.75) is 39.5 Å². The van der Waals surface area contributed by atoms with Gasteiger partial charge in [0.15, 0.2) is 0 Å². The van der Waals surface area contributed by atoms with Crippen molar-refractivity contribution >= 4 is 17.6 Å². The molecule has 154 valence electrons. The molecule has 0 radical (unpaired) electrons. The molecule has 3 aromatic rings. The first-order valence-corrected chi connectivity index (χ1v) is 10.0. The van der Waals surface area contributed by atoms with Gasteiger partial charge in [-0.3, -0.25) is 15.1 Å². The van der Waals surface area contributed by atoms with Crippen LogP contribution >= 0.6 is 0 Å². The number of nitro groups is 1. The number of aromatic hydroxyl groups is 1. The molecule has 5 heteroatoms. The minimum absolute atomic E-state index is 0.0244. The smallest absolute Gasteiger partial charge is 0.277 e. The summed E-state index contributed by atoms with van der Waals surface area (Å²) in [6.45, 7) is 8.52. The number of hydrogen-bond donors (Lipinski definition) is 1. The number of benzene rings is 3. The fourth-order valence-corrected chi connectivity index (χ4v) is 3.54. The van der Waals surface area contributed by atoms with E-state index in [0.29, 0.717) is 28.5 Å². The molecule has 0 fully saturated rings. The zero-order chi connectivity index (χ0) is 21.8. The van der Waals surface area contributed by atoms with Crippen LogP contribution in [-0.2, 0) is 0 Å². The van der Waals surface area contributed by atoms with Gasteiger partial charge in [0.25, 0.3) is 5.69 Å². The first kappa shape index (κ1) is 21.2. The molecular weight excluding hydrogens is 376 g/mol. The molecule has 0 saturated carbocycles. The van der Waals surface area contributed by atoms with Gasteiger partial charge in [-0.05, 0) is 35.1 Å². The van der Waals surface area contributed by atoms with Gasteiger partial charge in [0, 0.05) is 23.4 Å². The minimum Gasteiger partial charge on any atom is -0.507 e. The van der Waals surface area contributed by atoms with Crippen LogP contribution in [0.5, 0.6) is 5.75 Å². The van der Waals surface area contributed by atoms with Crippen molar-refractivity contribution in [3.05, 3.63) is 87.5 Å². The zero-order valence-corrected chi connectivity index (χ0v) is 17.7. The standard InChI is InChI=1S/C25H26N2O3/c1-16(2)19-11-8-12-20(17(3)4)24(19)26-15-18-9-7-13-22(25(18)28)21-10-5-6-14-23(21)27(29)30/h5-17,28H,1-4H3. The summed E-state index contributed by atoms with van der Waals surface area (Å²) in [5.74, 6) is 0.592. The first-order valence-electron chi connectivity index (χ1n) is 10.0. The van der Waals surface area contributed by atoms with Gasteiger partial charge in [0.2, 0.25) is 0 Å². The second-order valence-corrected chi connectivity index (χ2v) is 7.87. The van der Waals surface area contributed by atoms with E-state index in [4.69, 9.17) is 4.99 Å². The molecule has 0 unspecified atom stereocenters. The Morgan fingerprint density at radius 3 is 2.03 bits per heavy atom. The lowest BCUT2D eigenvalue weighted by Crippen LogP contribution is -1.96. The number of rotatable bonds is 6. The van der Waals surface area contributed by atoms with E-state index in [9.17, 15) is 15.2 Å². The number of phenolic OH excluding ortho intramolecular Hbond substituents is 1. The largest absolute Gasteiger partial charge is 0.507 e. The topological polar surface area (TPSA) is 75.7 Å². The van der Waals surface area contributed by atoms with Crippen molar-refractivity contribution in [3.63, 3.8) is 0 Å². The molecule has 0 amide bonds. The molecule has 0 aliphatic rings. The van der Waals surface area contributed by atoms with Gasteiger partial charge in [-0.15, -0.1) is 0 Å². The summed E-state index contributed by atoms with van der Waals surface area (Å²) in [5, 5.41) is 22.3. The molecule has 0 aliphatic heterocycles. The van der Waals surface area contributed by atoms with Gasteiger partial charge in [-0.25, -0.2) is 0 Å². The molecular formula is C25H26N2O3. The van der Waals surface area contributed by atoms with Crippen LogP contribution in [-0.4, -0.2) is 16.2 Å². The molecule has 1 N–H and O–H groups in total. The van der Waals surface area contributed by atoms with Crippen molar-refractivity contribution in [2.24, 2.45) is 4.99 Å². The summed E-state index contributed by atoms with van der Waals surface area (Å²) in [7, 11) is 0. The van der Waals surface area contributed by atoms with E-state index >= 15 is 0 Å². The summed E-state index contributed by atoms with van der Waals surface area (Å²) in [4.78, 5) is 15.7. The maximum Gasteiger partial charge on any atom is 0.277 e. The predicted molar refractivity (Wildman–Crippen MR) is 122 cm³/mol. The number of nitrogens with zero attached hydrogens (tertiary/aromatic N) is 2. The Hall–Kier alpha value is -3.47. The molecule has 0 spiro atoms. The monoisotopic (exact) mass is 402 g/mol. The van der Waals surface area contributed by atoms with Crippen LogP contribution in [0, 0.1) is 10.1 Å². The van der Waals surface area contributed by atoms with Crippen molar-refractivity contribution in [2.75, 3.05) is 0 Å². The zero-order valence-electron chi connectivity index (χ0n) is 17.7. The highest BCUT2D eigenvalue weighted by molar-refractivity contribution is 5.91. The summed E-state index contributed by atoms with van der Waals surface area (Å²) in [6.07, 6.45) is 1.64. The molecule has 0 aromatic heterocycles. The van der Waals surface area contributed by atoms with Gasteiger partial charge < -0.3 is 5.11 Å². The van der Waals surface area contributed by atoms with Crippen molar-refractivity contribution in [1.29, 1.82) is 0 Å². The van der Waals surface area contributed by atoms with E-state index in [1.807, 2.05) is 0 Å². The maximum atomic E-state index is 11.4. The summed E-state index contributed by atoms with van der Waals surface area (Å²) in [5.41, 5.74) is 4.46. The predicted octanol–water partition coefficient (Wildman–Crippen LogP) is 6.96.